The van der Waals surface area contributed by atoms with Gasteiger partial charge in [-0.3, -0.25) is 9.59 Å². The summed E-state index contributed by atoms with van der Waals surface area (Å²) >= 11 is 5.61. The second-order valence-corrected chi connectivity index (χ2v) is 8.00. The van der Waals surface area contributed by atoms with Crippen LogP contribution in [0.25, 0.3) is 0 Å². The number of carbonyl (C=O) groups excluding carboxylic acids is 2. The number of nitrogens with zero attached hydrogens (tertiary/aromatic N) is 1. The minimum atomic E-state index is -0.590. The van der Waals surface area contributed by atoms with Gasteiger partial charge in [-0.1, -0.05) is 18.5 Å². The predicted octanol–water partition coefficient (Wildman–Crippen LogP) is 2.78. The Labute approximate surface area is 169 Å². The highest BCUT2D eigenvalue weighted by Gasteiger charge is 2.28. The Bertz CT molecular complexity index is 703. The molecule has 6 nitrogen and oxygen atoms in total. The second kappa shape index (κ2) is 9.56. The number of hydrogen-bond donors (Lipinski definition) is 1. The molecule has 2 aliphatic rings. The van der Waals surface area contributed by atoms with Gasteiger partial charge in [0.25, 0.3) is 5.91 Å². The molecule has 1 aliphatic heterocycles. The van der Waals surface area contributed by atoms with Gasteiger partial charge in [0, 0.05) is 25.2 Å². The Morgan fingerprint density at radius 2 is 1.96 bits per heavy atom. The first kappa shape index (κ1) is 20.9. The molecule has 0 radical (unpaired) electrons. The second-order valence-electron chi connectivity index (χ2n) is 7.60. The van der Waals surface area contributed by atoms with E-state index in [0.29, 0.717) is 31.8 Å². The van der Waals surface area contributed by atoms with Crippen LogP contribution in [-0.4, -0.2) is 55.2 Å². The maximum atomic E-state index is 13.4. The summed E-state index contributed by atoms with van der Waals surface area (Å²) in [5, 5.41) is 2.90. The van der Waals surface area contributed by atoms with Gasteiger partial charge in [-0.15, -0.1) is 0 Å². The van der Waals surface area contributed by atoms with Crippen molar-refractivity contribution >= 4 is 23.4 Å². The molecule has 8 heteroatoms. The van der Waals surface area contributed by atoms with Crippen molar-refractivity contribution in [2.75, 3.05) is 26.3 Å². The average molecular weight is 413 g/mol. The molecule has 0 atom stereocenters. The molecule has 0 aromatic heterocycles. The van der Waals surface area contributed by atoms with E-state index in [-0.39, 0.29) is 47.9 Å². The fraction of sp³-hybridized carbons (Fsp3) is 0.600. The molecule has 0 spiro atoms. The van der Waals surface area contributed by atoms with E-state index >= 15 is 0 Å². The summed E-state index contributed by atoms with van der Waals surface area (Å²) in [6.07, 6.45) is 3.67. The summed E-state index contributed by atoms with van der Waals surface area (Å²) in [7, 11) is 0. The maximum absolute atomic E-state index is 13.4. The van der Waals surface area contributed by atoms with E-state index in [9.17, 15) is 14.0 Å². The minimum Gasteiger partial charge on any atom is -0.484 e. The van der Waals surface area contributed by atoms with Crippen LogP contribution < -0.4 is 10.1 Å². The van der Waals surface area contributed by atoms with Crippen molar-refractivity contribution in [3.63, 3.8) is 0 Å². The molecular weight excluding hydrogens is 387 g/mol. The highest BCUT2D eigenvalue weighted by atomic mass is 35.5. The Morgan fingerprint density at radius 3 is 2.61 bits per heavy atom. The molecule has 2 fully saturated rings. The van der Waals surface area contributed by atoms with E-state index in [1.54, 1.807) is 4.90 Å². The molecule has 1 saturated heterocycles. The van der Waals surface area contributed by atoms with Crippen molar-refractivity contribution in [1.82, 2.24) is 10.2 Å². The van der Waals surface area contributed by atoms with Gasteiger partial charge in [0.05, 0.1) is 11.1 Å². The van der Waals surface area contributed by atoms with E-state index < -0.39 is 5.82 Å². The number of piperidine rings is 1. The number of amides is 2. The SMILES string of the molecule is C[C@H]1C[C@H](OCC(=O)N2CCC(NC(=O)COc3ccc(Cl)c(F)c3)CC2)C1. The van der Waals surface area contributed by atoms with Gasteiger partial charge < -0.3 is 19.7 Å². The fourth-order valence-corrected chi connectivity index (χ4v) is 3.62. The first-order valence-electron chi connectivity index (χ1n) is 9.67. The predicted molar refractivity (Wildman–Crippen MR) is 103 cm³/mol. The monoisotopic (exact) mass is 412 g/mol. The van der Waals surface area contributed by atoms with Crippen LogP contribution in [0.5, 0.6) is 5.75 Å². The molecule has 1 aromatic rings. The molecule has 154 valence electrons. The topological polar surface area (TPSA) is 67.9 Å². The van der Waals surface area contributed by atoms with Gasteiger partial charge in [-0.2, -0.15) is 0 Å². The quantitative estimate of drug-likeness (QED) is 0.747. The van der Waals surface area contributed by atoms with Crippen LogP contribution in [0.1, 0.15) is 32.6 Å². The molecule has 0 bridgehead atoms. The first-order chi connectivity index (χ1) is 13.4. The van der Waals surface area contributed by atoms with Crippen LogP contribution in [0.2, 0.25) is 5.02 Å². The number of rotatable bonds is 7. The molecule has 1 saturated carbocycles. The molecule has 2 amide bonds. The van der Waals surface area contributed by atoms with Crippen molar-refractivity contribution in [2.45, 2.75) is 44.8 Å². The van der Waals surface area contributed by atoms with E-state index in [1.165, 1.54) is 12.1 Å². The van der Waals surface area contributed by atoms with E-state index in [0.717, 1.165) is 18.9 Å². The van der Waals surface area contributed by atoms with E-state index in [2.05, 4.69) is 12.2 Å². The molecule has 1 aromatic carbocycles. The number of benzene rings is 1. The normalized spacial score (nSPS) is 22.5. The number of hydrogen-bond acceptors (Lipinski definition) is 4. The van der Waals surface area contributed by atoms with Crippen LogP contribution in [-0.2, 0) is 14.3 Å². The zero-order chi connectivity index (χ0) is 20.1. The molecule has 1 heterocycles. The van der Waals surface area contributed by atoms with Gasteiger partial charge >= 0.3 is 0 Å². The summed E-state index contributed by atoms with van der Waals surface area (Å²) in [4.78, 5) is 26.0. The zero-order valence-electron chi connectivity index (χ0n) is 16.0. The third kappa shape index (κ3) is 5.82. The zero-order valence-corrected chi connectivity index (χ0v) is 16.7. The third-order valence-electron chi connectivity index (χ3n) is 5.25. The Kier molecular flexibility index (Phi) is 7.13. The third-order valence-corrected chi connectivity index (χ3v) is 5.55. The van der Waals surface area contributed by atoms with E-state index in [1.807, 2.05) is 0 Å². The molecule has 28 heavy (non-hydrogen) atoms. The summed E-state index contributed by atoms with van der Waals surface area (Å²) < 4.78 is 24.3. The lowest BCUT2D eigenvalue weighted by Crippen LogP contribution is -2.48. The van der Waals surface area contributed by atoms with Crippen molar-refractivity contribution in [2.24, 2.45) is 5.92 Å². The van der Waals surface area contributed by atoms with Crippen molar-refractivity contribution in [3.05, 3.63) is 29.0 Å². The Balaban J connectivity index is 1.32. The van der Waals surface area contributed by atoms with Crippen molar-refractivity contribution in [1.29, 1.82) is 0 Å². The highest BCUT2D eigenvalue weighted by molar-refractivity contribution is 6.30. The van der Waals surface area contributed by atoms with Crippen molar-refractivity contribution < 1.29 is 23.5 Å². The van der Waals surface area contributed by atoms with Gasteiger partial charge in [0.2, 0.25) is 5.91 Å². The summed E-state index contributed by atoms with van der Waals surface area (Å²) in [6, 6.07) is 4.03. The van der Waals surface area contributed by atoms with Crippen LogP contribution in [0.3, 0.4) is 0 Å². The molecule has 0 unspecified atom stereocenters. The summed E-state index contributed by atoms with van der Waals surface area (Å²) in [5.41, 5.74) is 0. The largest absolute Gasteiger partial charge is 0.484 e. The average Bonchev–Trinajstić information content (AvgIpc) is 2.65. The Morgan fingerprint density at radius 1 is 1.25 bits per heavy atom. The number of carbonyl (C=O) groups is 2. The standard InChI is InChI=1S/C20H26ClFN2O4/c1-13-8-16(9-13)28-12-20(26)24-6-4-14(5-7-24)23-19(25)11-27-15-2-3-17(21)18(22)10-15/h2-3,10,13-14,16H,4-9,11-12H2,1H3,(H,23,25)/t13-,16-. The number of likely N-dealkylation sites (tertiary alicyclic amines) is 1. The lowest BCUT2D eigenvalue weighted by atomic mass is 9.84. The Hall–Kier alpha value is -1.86. The van der Waals surface area contributed by atoms with Crippen LogP contribution in [0, 0.1) is 11.7 Å². The first-order valence-corrected chi connectivity index (χ1v) is 10.0. The highest BCUT2D eigenvalue weighted by Crippen LogP contribution is 2.29. The number of halogens is 2. The van der Waals surface area contributed by atoms with Crippen LogP contribution in [0.15, 0.2) is 18.2 Å². The lowest BCUT2D eigenvalue weighted by molar-refractivity contribution is -0.142. The molecule has 1 N–H and O–H groups in total. The maximum Gasteiger partial charge on any atom is 0.258 e. The van der Waals surface area contributed by atoms with Crippen LogP contribution in [0.4, 0.5) is 4.39 Å². The van der Waals surface area contributed by atoms with E-state index in [4.69, 9.17) is 21.1 Å². The molecule has 1 aliphatic carbocycles. The van der Waals surface area contributed by atoms with Crippen molar-refractivity contribution in [3.8, 4) is 5.75 Å². The van der Waals surface area contributed by atoms with Gasteiger partial charge in [-0.25, -0.2) is 4.39 Å². The molecule has 3 rings (SSSR count). The number of nitrogens with one attached hydrogen (secondary N) is 1. The van der Waals surface area contributed by atoms with Gasteiger partial charge in [0.1, 0.15) is 18.2 Å². The minimum absolute atomic E-state index is 0.00416. The van der Waals surface area contributed by atoms with Gasteiger partial charge in [-0.05, 0) is 43.7 Å². The summed E-state index contributed by atoms with van der Waals surface area (Å²) in [6.45, 7) is 3.31. The number of ether oxygens (including phenoxy) is 2. The fourth-order valence-electron chi connectivity index (χ4n) is 3.50. The summed E-state index contributed by atoms with van der Waals surface area (Å²) in [5.74, 6) is 0.0906. The van der Waals surface area contributed by atoms with Gasteiger partial charge in [0.15, 0.2) is 6.61 Å². The smallest absolute Gasteiger partial charge is 0.258 e. The lowest BCUT2D eigenvalue weighted by Gasteiger charge is -2.35. The van der Waals surface area contributed by atoms with Crippen LogP contribution >= 0.6 is 11.6 Å². The molecular formula is C20H26ClFN2O4.